The van der Waals surface area contributed by atoms with Gasteiger partial charge in [-0.2, -0.15) is 5.26 Å². The van der Waals surface area contributed by atoms with E-state index >= 15 is 0 Å². The number of aryl methyl sites for hydroxylation is 1. The maximum Gasteiger partial charge on any atom is 0.273 e. The minimum Gasteiger partial charge on any atom is -0.455 e. The highest BCUT2D eigenvalue weighted by molar-refractivity contribution is 9.10. The Labute approximate surface area is 123 Å². The van der Waals surface area contributed by atoms with Crippen LogP contribution in [0, 0.1) is 28.4 Å². The Morgan fingerprint density at radius 1 is 1.25 bits per heavy atom. The van der Waals surface area contributed by atoms with Crippen LogP contribution in [0.25, 0.3) is 0 Å². The normalized spacial score (nSPS) is 9.85. The predicted octanol–water partition coefficient (Wildman–Crippen LogP) is 4.33. The molecule has 0 spiro atoms. The Kier molecular flexibility index (Phi) is 4.01. The number of benzene rings is 2. The lowest BCUT2D eigenvalue weighted by Crippen LogP contribution is -1.93. The van der Waals surface area contributed by atoms with Gasteiger partial charge in [0, 0.05) is 10.5 Å². The second kappa shape index (κ2) is 5.72. The van der Waals surface area contributed by atoms with E-state index < -0.39 is 4.92 Å². The maximum absolute atomic E-state index is 10.8. The van der Waals surface area contributed by atoms with E-state index in [9.17, 15) is 10.1 Å². The third kappa shape index (κ3) is 2.95. The zero-order valence-electron chi connectivity index (χ0n) is 10.5. The maximum atomic E-state index is 10.8. The van der Waals surface area contributed by atoms with Crippen LogP contribution in [0.4, 0.5) is 5.69 Å². The van der Waals surface area contributed by atoms with Crippen LogP contribution in [0.5, 0.6) is 11.5 Å². The average molecular weight is 333 g/mol. The van der Waals surface area contributed by atoms with E-state index in [0.29, 0.717) is 17.1 Å². The number of nitro benzene ring substituents is 1. The summed E-state index contributed by atoms with van der Waals surface area (Å²) in [6.07, 6.45) is 0. The number of hydrogen-bond acceptors (Lipinski definition) is 4. The first-order valence-corrected chi connectivity index (χ1v) is 6.43. The molecule has 20 heavy (non-hydrogen) atoms. The molecule has 5 nitrogen and oxygen atoms in total. The van der Waals surface area contributed by atoms with Crippen molar-refractivity contribution in [2.75, 3.05) is 0 Å². The molecule has 2 aromatic carbocycles. The van der Waals surface area contributed by atoms with Crippen LogP contribution in [-0.4, -0.2) is 4.92 Å². The molecule has 0 bridgehead atoms. The zero-order chi connectivity index (χ0) is 14.7. The molecule has 0 heterocycles. The smallest absolute Gasteiger partial charge is 0.273 e. The van der Waals surface area contributed by atoms with E-state index in [1.165, 1.54) is 12.1 Å². The molecule has 0 N–H and O–H groups in total. The van der Waals surface area contributed by atoms with Crippen LogP contribution in [0.15, 0.2) is 40.9 Å². The Morgan fingerprint density at radius 2 is 2.00 bits per heavy atom. The summed E-state index contributed by atoms with van der Waals surface area (Å²) in [5.74, 6) is 0.720. The molecule has 0 amide bonds. The van der Waals surface area contributed by atoms with Crippen molar-refractivity contribution >= 4 is 21.6 Å². The number of hydrogen-bond donors (Lipinski definition) is 0. The molecule has 0 radical (unpaired) electrons. The summed E-state index contributed by atoms with van der Waals surface area (Å²) in [6, 6.07) is 11.4. The van der Waals surface area contributed by atoms with Gasteiger partial charge in [-0.15, -0.1) is 0 Å². The van der Waals surface area contributed by atoms with Crippen molar-refractivity contribution in [3.05, 3.63) is 62.1 Å². The molecule has 0 saturated carbocycles. The number of rotatable bonds is 3. The summed E-state index contributed by atoms with van der Waals surface area (Å²) < 4.78 is 6.39. The van der Waals surface area contributed by atoms with Crippen LogP contribution in [0.3, 0.4) is 0 Å². The number of nitrogens with zero attached hydrogens (tertiary/aromatic N) is 2. The van der Waals surface area contributed by atoms with Crippen molar-refractivity contribution in [2.24, 2.45) is 0 Å². The molecule has 0 atom stereocenters. The van der Waals surface area contributed by atoms with Gasteiger partial charge in [-0.25, -0.2) is 0 Å². The topological polar surface area (TPSA) is 76.2 Å². The second-order valence-corrected chi connectivity index (χ2v) is 4.98. The second-order valence-electron chi connectivity index (χ2n) is 4.06. The van der Waals surface area contributed by atoms with Crippen LogP contribution in [0.2, 0.25) is 0 Å². The summed E-state index contributed by atoms with van der Waals surface area (Å²) >= 11 is 3.27. The number of nitriles is 1. The summed E-state index contributed by atoms with van der Waals surface area (Å²) in [4.78, 5) is 10.3. The molecule has 2 rings (SSSR count). The summed E-state index contributed by atoms with van der Waals surface area (Å²) in [5.41, 5.74) is 1.05. The first-order chi connectivity index (χ1) is 9.51. The van der Waals surface area contributed by atoms with Crippen LogP contribution < -0.4 is 4.74 Å². The third-order valence-corrected chi connectivity index (χ3v) is 3.16. The van der Waals surface area contributed by atoms with Gasteiger partial charge in [0.1, 0.15) is 17.6 Å². The van der Waals surface area contributed by atoms with Gasteiger partial charge >= 0.3 is 0 Å². The van der Waals surface area contributed by atoms with E-state index in [-0.39, 0.29) is 5.69 Å². The summed E-state index contributed by atoms with van der Waals surface area (Å²) in [7, 11) is 0. The number of nitro groups is 1. The molecule has 6 heteroatoms. The van der Waals surface area contributed by atoms with E-state index in [1.807, 2.05) is 6.07 Å². The average Bonchev–Trinajstić information content (AvgIpc) is 2.42. The monoisotopic (exact) mass is 332 g/mol. The van der Waals surface area contributed by atoms with Gasteiger partial charge in [0.2, 0.25) is 0 Å². The fourth-order valence-corrected chi connectivity index (χ4v) is 1.97. The first-order valence-electron chi connectivity index (χ1n) is 5.64. The quantitative estimate of drug-likeness (QED) is 0.619. The standard InChI is InChI=1S/C14H9BrN2O3/c1-9-2-4-12(17(18)19)7-14(9)20-13-5-3-11(15)6-10(13)8-16/h2-7H,1H3. The van der Waals surface area contributed by atoms with Gasteiger partial charge < -0.3 is 4.74 Å². The predicted molar refractivity (Wildman–Crippen MR) is 76.8 cm³/mol. The highest BCUT2D eigenvalue weighted by atomic mass is 79.9. The highest BCUT2D eigenvalue weighted by Crippen LogP contribution is 2.31. The van der Waals surface area contributed by atoms with Crippen LogP contribution >= 0.6 is 15.9 Å². The van der Waals surface area contributed by atoms with E-state index in [1.54, 1.807) is 31.2 Å². The number of non-ortho nitro benzene ring substituents is 1. The molecule has 0 aromatic heterocycles. The van der Waals surface area contributed by atoms with Gasteiger partial charge in [0.15, 0.2) is 0 Å². The molecule has 100 valence electrons. The molecule has 0 saturated heterocycles. The summed E-state index contributed by atoms with van der Waals surface area (Å²) in [6.45, 7) is 1.78. The third-order valence-electron chi connectivity index (χ3n) is 2.66. The van der Waals surface area contributed by atoms with Crippen molar-refractivity contribution in [3.63, 3.8) is 0 Å². The van der Waals surface area contributed by atoms with Crippen molar-refractivity contribution in [3.8, 4) is 17.6 Å². The lowest BCUT2D eigenvalue weighted by atomic mass is 10.2. The molecule has 0 aliphatic carbocycles. The minimum absolute atomic E-state index is 0.0544. The number of ether oxygens (including phenoxy) is 1. The van der Waals surface area contributed by atoms with E-state index in [2.05, 4.69) is 15.9 Å². The zero-order valence-corrected chi connectivity index (χ0v) is 12.0. The van der Waals surface area contributed by atoms with Gasteiger partial charge in [-0.1, -0.05) is 15.9 Å². The molecular formula is C14H9BrN2O3. The largest absolute Gasteiger partial charge is 0.455 e. The molecule has 2 aromatic rings. The van der Waals surface area contributed by atoms with E-state index in [4.69, 9.17) is 10.00 Å². The Hall–Kier alpha value is -2.39. The fourth-order valence-electron chi connectivity index (χ4n) is 1.61. The Morgan fingerprint density at radius 3 is 2.65 bits per heavy atom. The van der Waals surface area contributed by atoms with Gasteiger partial charge in [0.25, 0.3) is 5.69 Å². The Bertz CT molecular complexity index is 723. The lowest BCUT2D eigenvalue weighted by molar-refractivity contribution is -0.384. The van der Waals surface area contributed by atoms with Crippen LogP contribution in [0.1, 0.15) is 11.1 Å². The summed E-state index contributed by atoms with van der Waals surface area (Å²) in [5, 5.41) is 19.9. The number of halogens is 1. The highest BCUT2D eigenvalue weighted by Gasteiger charge is 2.12. The van der Waals surface area contributed by atoms with Crippen molar-refractivity contribution in [2.45, 2.75) is 6.92 Å². The molecule has 0 fully saturated rings. The van der Waals surface area contributed by atoms with E-state index in [0.717, 1.165) is 10.0 Å². The lowest BCUT2D eigenvalue weighted by Gasteiger charge is -2.10. The van der Waals surface area contributed by atoms with Gasteiger partial charge in [-0.05, 0) is 36.8 Å². The molecule has 0 aliphatic rings. The van der Waals surface area contributed by atoms with Crippen molar-refractivity contribution < 1.29 is 9.66 Å². The molecular weight excluding hydrogens is 324 g/mol. The SMILES string of the molecule is Cc1ccc([N+](=O)[O-])cc1Oc1ccc(Br)cc1C#N. The van der Waals surface area contributed by atoms with Gasteiger partial charge in [0.05, 0.1) is 16.6 Å². The van der Waals surface area contributed by atoms with Crippen molar-refractivity contribution in [1.29, 1.82) is 5.26 Å². The van der Waals surface area contributed by atoms with Crippen LogP contribution in [-0.2, 0) is 0 Å². The fraction of sp³-hybridized carbons (Fsp3) is 0.0714. The first kappa shape index (κ1) is 14.0. The van der Waals surface area contributed by atoms with Gasteiger partial charge in [-0.3, -0.25) is 10.1 Å². The minimum atomic E-state index is -0.487. The molecule has 0 unspecified atom stereocenters. The van der Waals surface area contributed by atoms with Crippen molar-refractivity contribution in [1.82, 2.24) is 0 Å². The molecule has 0 aliphatic heterocycles. The Balaban J connectivity index is 2.42.